The third kappa shape index (κ3) is 4.34. The molecule has 1 atom stereocenters. The summed E-state index contributed by atoms with van der Waals surface area (Å²) in [4.78, 5) is 6.72. The minimum absolute atomic E-state index is 0.166. The predicted octanol–water partition coefficient (Wildman–Crippen LogP) is 3.15. The van der Waals surface area contributed by atoms with Crippen LogP contribution in [0.1, 0.15) is 24.8 Å². The van der Waals surface area contributed by atoms with Gasteiger partial charge in [0.05, 0.1) is 6.20 Å². The van der Waals surface area contributed by atoms with E-state index < -0.39 is 0 Å². The fourth-order valence-electron chi connectivity index (χ4n) is 3.24. The summed E-state index contributed by atoms with van der Waals surface area (Å²) in [5.74, 6) is 0.819. The standard InChI is InChI=1S/C20H26N2O2/c1-22-9-3-2-7-19(22)15-24-20-12-18(13-21-14-20)17-6-4-5-16(11-17)8-10-23/h4-6,11-14,19,23H,2-3,7-10,15H2,1H3/t19-/m0/s1. The number of hydrogen-bond acceptors (Lipinski definition) is 4. The SMILES string of the molecule is CN1CCCC[C@H]1COc1cncc(-c2cccc(CCO)c2)c1. The third-order valence-electron chi connectivity index (χ3n) is 4.74. The highest BCUT2D eigenvalue weighted by Gasteiger charge is 2.19. The first kappa shape index (κ1) is 16.9. The summed E-state index contributed by atoms with van der Waals surface area (Å²) in [6, 6.07) is 10.8. The Morgan fingerprint density at radius 2 is 2.12 bits per heavy atom. The van der Waals surface area contributed by atoms with E-state index in [4.69, 9.17) is 9.84 Å². The molecule has 3 rings (SSSR count). The second-order valence-corrected chi connectivity index (χ2v) is 6.52. The van der Waals surface area contributed by atoms with Gasteiger partial charge in [-0.15, -0.1) is 0 Å². The number of piperidine rings is 1. The number of pyridine rings is 1. The van der Waals surface area contributed by atoms with E-state index in [0.717, 1.165) is 29.0 Å². The Hall–Kier alpha value is -1.91. The van der Waals surface area contributed by atoms with Crippen LogP contribution in [0.2, 0.25) is 0 Å². The van der Waals surface area contributed by atoms with Gasteiger partial charge in [0.15, 0.2) is 0 Å². The highest BCUT2D eigenvalue weighted by molar-refractivity contribution is 5.64. The zero-order chi connectivity index (χ0) is 16.8. The first-order valence-electron chi connectivity index (χ1n) is 8.74. The van der Waals surface area contributed by atoms with Gasteiger partial charge in [-0.1, -0.05) is 30.7 Å². The fraction of sp³-hybridized carbons (Fsp3) is 0.450. The molecule has 1 aliphatic rings. The number of hydrogen-bond donors (Lipinski definition) is 1. The summed E-state index contributed by atoms with van der Waals surface area (Å²) < 4.78 is 6.01. The molecule has 0 saturated carbocycles. The predicted molar refractivity (Wildman–Crippen MR) is 96.2 cm³/mol. The summed E-state index contributed by atoms with van der Waals surface area (Å²) in [5, 5.41) is 9.10. The fourth-order valence-corrected chi connectivity index (χ4v) is 3.24. The molecule has 0 spiro atoms. The van der Waals surface area contributed by atoms with Gasteiger partial charge in [-0.05, 0) is 50.0 Å². The molecule has 4 heteroatoms. The maximum Gasteiger partial charge on any atom is 0.138 e. The van der Waals surface area contributed by atoms with Gasteiger partial charge >= 0.3 is 0 Å². The van der Waals surface area contributed by atoms with Crippen LogP contribution in [0.25, 0.3) is 11.1 Å². The molecule has 4 nitrogen and oxygen atoms in total. The van der Waals surface area contributed by atoms with Crippen LogP contribution in [-0.4, -0.2) is 47.8 Å². The molecule has 24 heavy (non-hydrogen) atoms. The molecule has 1 N–H and O–H groups in total. The van der Waals surface area contributed by atoms with Crippen LogP contribution in [0.15, 0.2) is 42.7 Å². The molecule has 128 valence electrons. The van der Waals surface area contributed by atoms with Crippen molar-refractivity contribution in [3.63, 3.8) is 0 Å². The van der Waals surface area contributed by atoms with Gasteiger partial charge < -0.3 is 14.7 Å². The number of likely N-dealkylation sites (N-methyl/N-ethyl adjacent to an activating group) is 1. The van der Waals surface area contributed by atoms with Crippen molar-refractivity contribution in [1.82, 2.24) is 9.88 Å². The van der Waals surface area contributed by atoms with Gasteiger partial charge in [0.1, 0.15) is 12.4 Å². The lowest BCUT2D eigenvalue weighted by Crippen LogP contribution is -2.40. The lowest BCUT2D eigenvalue weighted by Gasteiger charge is -2.32. The van der Waals surface area contributed by atoms with Crippen LogP contribution < -0.4 is 4.74 Å². The van der Waals surface area contributed by atoms with Crippen molar-refractivity contribution in [2.75, 3.05) is 26.8 Å². The van der Waals surface area contributed by atoms with Gasteiger partial charge in [0.2, 0.25) is 0 Å². The molecule has 0 amide bonds. The zero-order valence-corrected chi connectivity index (χ0v) is 14.3. The molecule has 1 saturated heterocycles. The molecule has 1 fully saturated rings. The van der Waals surface area contributed by atoms with Crippen LogP contribution in [0, 0.1) is 0 Å². The van der Waals surface area contributed by atoms with E-state index in [-0.39, 0.29) is 6.61 Å². The first-order chi connectivity index (χ1) is 11.8. The van der Waals surface area contributed by atoms with E-state index in [9.17, 15) is 0 Å². The molecule has 2 aromatic rings. The van der Waals surface area contributed by atoms with Crippen LogP contribution in [-0.2, 0) is 6.42 Å². The second-order valence-electron chi connectivity index (χ2n) is 6.52. The number of aliphatic hydroxyl groups is 1. The van der Waals surface area contributed by atoms with Crippen molar-refractivity contribution in [3.8, 4) is 16.9 Å². The smallest absolute Gasteiger partial charge is 0.138 e. The van der Waals surface area contributed by atoms with Gasteiger partial charge in [-0.2, -0.15) is 0 Å². The summed E-state index contributed by atoms with van der Waals surface area (Å²) in [6.45, 7) is 2.04. The van der Waals surface area contributed by atoms with E-state index in [2.05, 4.69) is 29.1 Å². The topological polar surface area (TPSA) is 45.6 Å². The summed E-state index contributed by atoms with van der Waals surface area (Å²) in [5.41, 5.74) is 3.28. The minimum Gasteiger partial charge on any atom is -0.490 e. The Bertz CT molecular complexity index is 660. The minimum atomic E-state index is 0.166. The number of ether oxygens (including phenoxy) is 1. The monoisotopic (exact) mass is 326 g/mol. The molecule has 1 aromatic carbocycles. The maximum absolute atomic E-state index is 9.10. The Morgan fingerprint density at radius 1 is 1.21 bits per heavy atom. The molecule has 1 aromatic heterocycles. The van der Waals surface area contributed by atoms with Crippen LogP contribution in [0.3, 0.4) is 0 Å². The van der Waals surface area contributed by atoms with Crippen molar-refractivity contribution in [3.05, 3.63) is 48.3 Å². The van der Waals surface area contributed by atoms with Gasteiger partial charge in [-0.3, -0.25) is 4.98 Å². The Kier molecular flexibility index (Phi) is 5.83. The number of nitrogens with zero attached hydrogens (tertiary/aromatic N) is 2. The summed E-state index contributed by atoms with van der Waals surface area (Å²) in [7, 11) is 2.18. The summed E-state index contributed by atoms with van der Waals surface area (Å²) >= 11 is 0. The quantitative estimate of drug-likeness (QED) is 0.886. The normalized spacial score (nSPS) is 18.5. The average molecular weight is 326 g/mol. The number of rotatable bonds is 6. The van der Waals surface area contributed by atoms with Crippen molar-refractivity contribution < 1.29 is 9.84 Å². The Morgan fingerprint density at radius 3 is 2.96 bits per heavy atom. The van der Waals surface area contributed by atoms with Gasteiger partial charge in [-0.25, -0.2) is 0 Å². The van der Waals surface area contributed by atoms with Crippen molar-refractivity contribution in [2.45, 2.75) is 31.7 Å². The molecule has 0 bridgehead atoms. The second kappa shape index (κ2) is 8.27. The Labute approximate surface area is 144 Å². The van der Waals surface area contributed by atoms with E-state index >= 15 is 0 Å². The molecule has 0 radical (unpaired) electrons. The van der Waals surface area contributed by atoms with Crippen LogP contribution in [0.4, 0.5) is 0 Å². The largest absolute Gasteiger partial charge is 0.490 e. The lowest BCUT2D eigenvalue weighted by atomic mass is 10.0. The van der Waals surface area contributed by atoms with Crippen molar-refractivity contribution >= 4 is 0 Å². The third-order valence-corrected chi connectivity index (χ3v) is 4.74. The van der Waals surface area contributed by atoms with Crippen LogP contribution >= 0.6 is 0 Å². The van der Waals surface area contributed by atoms with Gasteiger partial charge in [0, 0.05) is 24.4 Å². The molecule has 2 heterocycles. The highest BCUT2D eigenvalue weighted by atomic mass is 16.5. The van der Waals surface area contributed by atoms with Gasteiger partial charge in [0.25, 0.3) is 0 Å². The Balaban J connectivity index is 1.68. The number of aromatic nitrogens is 1. The first-order valence-corrected chi connectivity index (χ1v) is 8.74. The molecule has 0 unspecified atom stereocenters. The lowest BCUT2D eigenvalue weighted by molar-refractivity contribution is 0.125. The van der Waals surface area contributed by atoms with Crippen molar-refractivity contribution in [1.29, 1.82) is 0 Å². The van der Waals surface area contributed by atoms with Crippen LogP contribution in [0.5, 0.6) is 5.75 Å². The number of benzene rings is 1. The van der Waals surface area contributed by atoms with E-state index in [1.54, 1.807) is 6.20 Å². The maximum atomic E-state index is 9.10. The zero-order valence-electron chi connectivity index (χ0n) is 14.3. The van der Waals surface area contributed by atoms with E-state index in [1.165, 1.54) is 19.3 Å². The van der Waals surface area contributed by atoms with E-state index in [1.807, 2.05) is 24.4 Å². The van der Waals surface area contributed by atoms with E-state index in [0.29, 0.717) is 19.1 Å². The molecule has 0 aliphatic carbocycles. The average Bonchev–Trinajstić information content (AvgIpc) is 2.62. The molecule has 1 aliphatic heterocycles. The molecular weight excluding hydrogens is 300 g/mol. The number of aliphatic hydroxyl groups excluding tert-OH is 1. The summed E-state index contributed by atoms with van der Waals surface area (Å²) in [6.07, 6.45) is 8.09. The highest BCUT2D eigenvalue weighted by Crippen LogP contribution is 2.24. The van der Waals surface area contributed by atoms with Crippen molar-refractivity contribution in [2.24, 2.45) is 0 Å². The number of likely N-dealkylation sites (tertiary alicyclic amines) is 1. The molecular formula is C20H26N2O2.